The fourth-order valence-corrected chi connectivity index (χ4v) is 0.966. The summed E-state index contributed by atoms with van der Waals surface area (Å²) >= 11 is 0. The lowest BCUT2D eigenvalue weighted by molar-refractivity contribution is 0.280. The van der Waals surface area contributed by atoms with E-state index >= 15 is 0 Å². The highest BCUT2D eigenvalue weighted by Gasteiger charge is 2.00. The molecule has 0 radical (unpaired) electrons. The maximum Gasteiger partial charge on any atom is 0.0959 e. The molecule has 9 heavy (non-hydrogen) atoms. The highest BCUT2D eigenvalue weighted by atomic mass is 16.5. The Morgan fingerprint density at radius 3 is 2.67 bits per heavy atom. The number of hydrogen-bond donors (Lipinski definition) is 0. The van der Waals surface area contributed by atoms with Gasteiger partial charge in [0.2, 0.25) is 0 Å². The van der Waals surface area contributed by atoms with E-state index in [4.69, 9.17) is 4.74 Å². The van der Waals surface area contributed by atoms with E-state index < -0.39 is 0 Å². The van der Waals surface area contributed by atoms with Gasteiger partial charge in [0.1, 0.15) is 0 Å². The van der Waals surface area contributed by atoms with Crippen LogP contribution in [0, 0.1) is 0 Å². The van der Waals surface area contributed by atoms with Crippen LogP contribution < -0.4 is 0 Å². The number of methoxy groups -OCH3 is 1. The summed E-state index contributed by atoms with van der Waals surface area (Å²) in [5.74, 6) is 1.11. The van der Waals surface area contributed by atoms with E-state index in [1.54, 1.807) is 7.11 Å². The zero-order valence-corrected chi connectivity index (χ0v) is 5.98. The van der Waals surface area contributed by atoms with Gasteiger partial charge in [-0.3, -0.25) is 0 Å². The molecule has 0 fully saturated rings. The van der Waals surface area contributed by atoms with E-state index in [1.807, 2.05) is 0 Å². The molecule has 1 aliphatic carbocycles. The number of allylic oxidation sites excluding steroid dienone is 3. The molecule has 1 rings (SSSR count). The van der Waals surface area contributed by atoms with Gasteiger partial charge in [-0.25, -0.2) is 0 Å². The van der Waals surface area contributed by atoms with Gasteiger partial charge < -0.3 is 4.74 Å². The number of hydrogen-bond acceptors (Lipinski definition) is 1. The van der Waals surface area contributed by atoms with Crippen molar-refractivity contribution in [3.05, 3.63) is 23.5 Å². The lowest BCUT2D eigenvalue weighted by Crippen LogP contribution is -1.92. The van der Waals surface area contributed by atoms with Crippen molar-refractivity contribution in [2.24, 2.45) is 0 Å². The summed E-state index contributed by atoms with van der Waals surface area (Å²) in [6.45, 7) is 2.13. The average molecular weight is 124 g/mol. The van der Waals surface area contributed by atoms with Crippen LogP contribution in [0.5, 0.6) is 0 Å². The van der Waals surface area contributed by atoms with Crippen molar-refractivity contribution in [1.82, 2.24) is 0 Å². The highest BCUT2D eigenvalue weighted by molar-refractivity contribution is 5.16. The van der Waals surface area contributed by atoms with Gasteiger partial charge >= 0.3 is 0 Å². The topological polar surface area (TPSA) is 9.23 Å². The van der Waals surface area contributed by atoms with Crippen molar-refractivity contribution in [2.75, 3.05) is 7.11 Å². The Labute approximate surface area is 56.0 Å². The van der Waals surface area contributed by atoms with Gasteiger partial charge in [0.15, 0.2) is 0 Å². The van der Waals surface area contributed by atoms with Crippen LogP contribution in [-0.4, -0.2) is 7.11 Å². The van der Waals surface area contributed by atoms with Gasteiger partial charge in [0, 0.05) is 6.42 Å². The normalized spacial score (nSPS) is 18.4. The zero-order valence-electron chi connectivity index (χ0n) is 5.98. The summed E-state index contributed by atoms with van der Waals surface area (Å²) in [5, 5.41) is 0. The predicted molar refractivity (Wildman–Crippen MR) is 38.1 cm³/mol. The molecule has 0 aliphatic heterocycles. The van der Waals surface area contributed by atoms with Crippen molar-refractivity contribution in [3.63, 3.8) is 0 Å². The van der Waals surface area contributed by atoms with Gasteiger partial charge in [-0.2, -0.15) is 0 Å². The Morgan fingerprint density at radius 1 is 1.44 bits per heavy atom. The lowest BCUT2D eigenvalue weighted by atomic mass is 10.1. The fourth-order valence-electron chi connectivity index (χ4n) is 0.966. The molecule has 0 N–H and O–H groups in total. The van der Waals surface area contributed by atoms with Crippen molar-refractivity contribution in [2.45, 2.75) is 19.8 Å². The maximum atomic E-state index is 5.08. The molecule has 1 aliphatic rings. The first-order chi connectivity index (χ1) is 4.33. The van der Waals surface area contributed by atoms with Crippen molar-refractivity contribution in [3.8, 4) is 0 Å². The molecular formula is C8H12O. The molecule has 0 aromatic carbocycles. The number of ether oxygens (including phenoxy) is 1. The largest absolute Gasteiger partial charge is 0.501 e. The SMILES string of the molecule is COC1=CCC=C(C)C1. The minimum Gasteiger partial charge on any atom is -0.501 e. The molecule has 0 amide bonds. The minimum absolute atomic E-state index is 0.997. The van der Waals surface area contributed by atoms with Crippen LogP contribution in [0.2, 0.25) is 0 Å². The Hall–Kier alpha value is -0.720. The Morgan fingerprint density at radius 2 is 2.22 bits per heavy atom. The predicted octanol–water partition coefficient (Wildman–Crippen LogP) is 2.26. The molecule has 1 heteroatoms. The highest BCUT2D eigenvalue weighted by Crippen LogP contribution is 2.17. The van der Waals surface area contributed by atoms with Gasteiger partial charge in [-0.15, -0.1) is 0 Å². The van der Waals surface area contributed by atoms with E-state index in [0.29, 0.717) is 0 Å². The Bertz CT molecular complexity index is 154. The standard InChI is InChI=1S/C8H12O/c1-7-4-3-5-8(6-7)9-2/h4-5H,3,6H2,1-2H3. The molecule has 0 unspecified atom stereocenters. The Kier molecular flexibility index (Phi) is 1.93. The molecule has 0 heterocycles. The van der Waals surface area contributed by atoms with Gasteiger partial charge in [0.25, 0.3) is 0 Å². The second-order valence-electron chi connectivity index (χ2n) is 2.34. The van der Waals surface area contributed by atoms with E-state index in [-0.39, 0.29) is 0 Å². The quantitative estimate of drug-likeness (QED) is 0.487. The fraction of sp³-hybridized carbons (Fsp3) is 0.500. The van der Waals surface area contributed by atoms with Crippen LogP contribution in [0.25, 0.3) is 0 Å². The van der Waals surface area contributed by atoms with E-state index in [2.05, 4.69) is 19.1 Å². The lowest BCUT2D eigenvalue weighted by Gasteiger charge is -2.09. The van der Waals surface area contributed by atoms with Gasteiger partial charge in [-0.1, -0.05) is 11.6 Å². The van der Waals surface area contributed by atoms with Gasteiger partial charge in [0.05, 0.1) is 12.9 Å². The van der Waals surface area contributed by atoms with Crippen molar-refractivity contribution < 1.29 is 4.74 Å². The van der Waals surface area contributed by atoms with E-state index in [1.165, 1.54) is 5.57 Å². The first-order valence-corrected chi connectivity index (χ1v) is 3.21. The third kappa shape index (κ3) is 1.60. The molecule has 0 saturated carbocycles. The molecule has 0 spiro atoms. The molecule has 50 valence electrons. The second-order valence-corrected chi connectivity index (χ2v) is 2.34. The maximum absolute atomic E-state index is 5.08. The molecule has 0 bridgehead atoms. The summed E-state index contributed by atoms with van der Waals surface area (Å²) in [4.78, 5) is 0. The summed E-state index contributed by atoms with van der Waals surface area (Å²) < 4.78 is 5.08. The molecule has 1 nitrogen and oxygen atoms in total. The third-order valence-electron chi connectivity index (χ3n) is 1.53. The first kappa shape index (κ1) is 6.40. The van der Waals surface area contributed by atoms with Crippen LogP contribution in [0.15, 0.2) is 23.5 Å². The van der Waals surface area contributed by atoms with Crippen LogP contribution in [0.3, 0.4) is 0 Å². The third-order valence-corrected chi connectivity index (χ3v) is 1.53. The number of rotatable bonds is 1. The summed E-state index contributed by atoms with van der Waals surface area (Å²) in [6, 6.07) is 0. The van der Waals surface area contributed by atoms with E-state index in [9.17, 15) is 0 Å². The molecule has 0 aromatic heterocycles. The van der Waals surface area contributed by atoms with Crippen molar-refractivity contribution in [1.29, 1.82) is 0 Å². The Balaban J connectivity index is 2.51. The van der Waals surface area contributed by atoms with Crippen LogP contribution >= 0.6 is 0 Å². The molecule has 0 saturated heterocycles. The summed E-state index contributed by atoms with van der Waals surface area (Å²) in [6.07, 6.45) is 6.38. The monoisotopic (exact) mass is 124 g/mol. The van der Waals surface area contributed by atoms with Crippen molar-refractivity contribution >= 4 is 0 Å². The molecule has 0 aromatic rings. The summed E-state index contributed by atoms with van der Waals surface area (Å²) in [5.41, 5.74) is 1.41. The van der Waals surface area contributed by atoms with Gasteiger partial charge in [-0.05, 0) is 19.4 Å². The smallest absolute Gasteiger partial charge is 0.0959 e. The minimum atomic E-state index is 0.997. The van der Waals surface area contributed by atoms with Crippen LogP contribution in [0.1, 0.15) is 19.8 Å². The zero-order chi connectivity index (χ0) is 6.69. The molecule has 0 atom stereocenters. The summed E-state index contributed by atoms with van der Waals surface area (Å²) in [7, 11) is 1.73. The van der Waals surface area contributed by atoms with Crippen LogP contribution in [-0.2, 0) is 4.74 Å². The van der Waals surface area contributed by atoms with Crippen LogP contribution in [0.4, 0.5) is 0 Å². The molecular weight excluding hydrogens is 112 g/mol. The average Bonchev–Trinajstić information content (AvgIpc) is 1.88. The van der Waals surface area contributed by atoms with E-state index in [0.717, 1.165) is 18.6 Å². The second kappa shape index (κ2) is 2.72. The first-order valence-electron chi connectivity index (χ1n) is 3.21.